The van der Waals surface area contributed by atoms with Gasteiger partial charge in [-0.1, -0.05) is 0 Å². The van der Waals surface area contributed by atoms with Crippen LogP contribution in [0.1, 0.15) is 46.4 Å². The monoisotopic (exact) mass is 420 g/mol. The number of nitrogens with one attached hydrogen (secondary N) is 1. The van der Waals surface area contributed by atoms with Gasteiger partial charge in [0, 0.05) is 54.7 Å². The Kier molecular flexibility index (Phi) is 6.56. The number of hydrogen-bond donors (Lipinski definition) is 1. The minimum Gasteiger partial charge on any atom is -0.370 e. The second kappa shape index (κ2) is 9.52. The standard InChI is InChI=1S/C25H32N4O2/c1-27(2)23-14-17-29(18-23)22-12-10-21(11-13-22)26-24(30)19-6-8-20(9-7-19)25(31)28-15-4-3-5-16-28/h6-13,23H,3-5,14-18H2,1-2H3,(H,26,30). The van der Waals surface area contributed by atoms with Crippen molar-refractivity contribution in [2.75, 3.05) is 50.5 Å². The van der Waals surface area contributed by atoms with E-state index in [0.29, 0.717) is 17.2 Å². The van der Waals surface area contributed by atoms with Gasteiger partial charge in [-0.15, -0.1) is 0 Å². The van der Waals surface area contributed by atoms with E-state index in [4.69, 9.17) is 0 Å². The van der Waals surface area contributed by atoms with E-state index >= 15 is 0 Å². The summed E-state index contributed by atoms with van der Waals surface area (Å²) in [5, 5.41) is 2.95. The maximum absolute atomic E-state index is 12.6. The lowest BCUT2D eigenvalue weighted by Gasteiger charge is -2.26. The van der Waals surface area contributed by atoms with E-state index in [1.54, 1.807) is 24.3 Å². The van der Waals surface area contributed by atoms with Gasteiger partial charge in [-0.25, -0.2) is 0 Å². The number of piperidine rings is 1. The minimum atomic E-state index is -0.168. The van der Waals surface area contributed by atoms with Crippen LogP contribution in [0.5, 0.6) is 0 Å². The SMILES string of the molecule is CN(C)C1CCN(c2ccc(NC(=O)c3ccc(C(=O)N4CCCCC4)cc3)cc2)C1. The highest BCUT2D eigenvalue weighted by Crippen LogP contribution is 2.24. The van der Waals surface area contributed by atoms with Gasteiger partial charge in [0.1, 0.15) is 0 Å². The molecule has 6 nitrogen and oxygen atoms in total. The third-order valence-electron chi connectivity index (χ3n) is 6.42. The molecule has 31 heavy (non-hydrogen) atoms. The zero-order chi connectivity index (χ0) is 21.8. The van der Waals surface area contributed by atoms with Crippen LogP contribution >= 0.6 is 0 Å². The zero-order valence-corrected chi connectivity index (χ0v) is 18.5. The third kappa shape index (κ3) is 5.07. The molecule has 1 atom stereocenters. The van der Waals surface area contributed by atoms with Crippen molar-refractivity contribution in [1.82, 2.24) is 9.80 Å². The lowest BCUT2D eigenvalue weighted by molar-refractivity contribution is 0.0724. The van der Waals surface area contributed by atoms with Crippen molar-refractivity contribution in [2.24, 2.45) is 0 Å². The van der Waals surface area contributed by atoms with E-state index in [1.165, 1.54) is 18.5 Å². The van der Waals surface area contributed by atoms with Gasteiger partial charge in [0.2, 0.25) is 0 Å². The molecule has 6 heteroatoms. The number of carbonyl (C=O) groups is 2. The molecule has 2 aromatic rings. The smallest absolute Gasteiger partial charge is 0.255 e. The molecule has 2 fully saturated rings. The Hall–Kier alpha value is -2.86. The Morgan fingerprint density at radius 3 is 2.13 bits per heavy atom. The molecule has 0 saturated carbocycles. The predicted molar refractivity (Wildman–Crippen MR) is 125 cm³/mol. The van der Waals surface area contributed by atoms with Gasteiger partial charge in [0.25, 0.3) is 11.8 Å². The molecule has 0 bridgehead atoms. The molecule has 164 valence electrons. The number of anilines is 2. The van der Waals surface area contributed by atoms with Crippen LogP contribution in [-0.4, -0.2) is 67.9 Å². The fourth-order valence-electron chi connectivity index (χ4n) is 4.40. The van der Waals surface area contributed by atoms with E-state index < -0.39 is 0 Å². The highest BCUT2D eigenvalue weighted by molar-refractivity contribution is 6.05. The highest BCUT2D eigenvalue weighted by Gasteiger charge is 2.24. The number of rotatable bonds is 5. The van der Waals surface area contributed by atoms with Crippen molar-refractivity contribution in [3.05, 3.63) is 59.7 Å². The number of amides is 2. The van der Waals surface area contributed by atoms with Gasteiger partial charge >= 0.3 is 0 Å². The lowest BCUT2D eigenvalue weighted by atomic mass is 10.1. The summed E-state index contributed by atoms with van der Waals surface area (Å²) in [7, 11) is 4.26. The van der Waals surface area contributed by atoms with Crippen LogP contribution in [-0.2, 0) is 0 Å². The maximum atomic E-state index is 12.6. The van der Waals surface area contributed by atoms with Crippen molar-refractivity contribution >= 4 is 23.2 Å². The van der Waals surface area contributed by atoms with Gasteiger partial charge in [-0.2, -0.15) is 0 Å². The van der Waals surface area contributed by atoms with Crippen LogP contribution < -0.4 is 10.2 Å². The second-order valence-corrected chi connectivity index (χ2v) is 8.78. The van der Waals surface area contributed by atoms with Gasteiger partial charge in [0.15, 0.2) is 0 Å². The van der Waals surface area contributed by atoms with E-state index in [1.807, 2.05) is 17.0 Å². The summed E-state index contributed by atoms with van der Waals surface area (Å²) in [6, 6.07) is 15.6. The number of hydrogen-bond acceptors (Lipinski definition) is 4. The number of likely N-dealkylation sites (tertiary alicyclic amines) is 1. The topological polar surface area (TPSA) is 55.9 Å². The Balaban J connectivity index is 1.34. The lowest BCUT2D eigenvalue weighted by Crippen LogP contribution is -2.35. The van der Waals surface area contributed by atoms with Crippen LogP contribution in [0.15, 0.2) is 48.5 Å². The van der Waals surface area contributed by atoms with E-state index in [0.717, 1.165) is 44.7 Å². The molecule has 0 aliphatic carbocycles. The summed E-state index contributed by atoms with van der Waals surface area (Å²) in [4.78, 5) is 31.8. The normalized spacial score (nSPS) is 19.0. The van der Waals surface area contributed by atoms with Crippen molar-refractivity contribution in [2.45, 2.75) is 31.7 Å². The molecule has 2 heterocycles. The van der Waals surface area contributed by atoms with Gasteiger partial charge in [0.05, 0.1) is 0 Å². The number of nitrogens with zero attached hydrogens (tertiary/aromatic N) is 3. The number of likely N-dealkylation sites (N-methyl/N-ethyl adjacent to an activating group) is 1. The molecular weight excluding hydrogens is 388 g/mol. The third-order valence-corrected chi connectivity index (χ3v) is 6.42. The molecule has 2 aromatic carbocycles. The Morgan fingerprint density at radius 2 is 1.52 bits per heavy atom. The van der Waals surface area contributed by atoms with E-state index in [9.17, 15) is 9.59 Å². The average Bonchev–Trinajstić information content (AvgIpc) is 3.30. The van der Waals surface area contributed by atoms with E-state index in [2.05, 4.69) is 41.3 Å². The van der Waals surface area contributed by atoms with Crippen molar-refractivity contribution in [3.8, 4) is 0 Å². The summed E-state index contributed by atoms with van der Waals surface area (Å²) < 4.78 is 0. The summed E-state index contributed by atoms with van der Waals surface area (Å²) >= 11 is 0. The number of carbonyl (C=O) groups excluding carboxylic acids is 2. The Morgan fingerprint density at radius 1 is 0.871 bits per heavy atom. The molecular formula is C25H32N4O2. The van der Waals surface area contributed by atoms with Crippen molar-refractivity contribution in [3.63, 3.8) is 0 Å². The fourth-order valence-corrected chi connectivity index (χ4v) is 4.40. The molecule has 4 rings (SSSR count). The van der Waals surface area contributed by atoms with Crippen LogP contribution in [0.4, 0.5) is 11.4 Å². The molecule has 1 unspecified atom stereocenters. The van der Waals surface area contributed by atoms with Crippen LogP contribution in [0.25, 0.3) is 0 Å². The molecule has 1 N–H and O–H groups in total. The fraction of sp³-hybridized carbons (Fsp3) is 0.440. The van der Waals surface area contributed by atoms with Crippen LogP contribution in [0.3, 0.4) is 0 Å². The highest BCUT2D eigenvalue weighted by atomic mass is 16.2. The summed E-state index contributed by atoms with van der Waals surface area (Å²) in [5.74, 6) is -0.112. The van der Waals surface area contributed by atoms with Crippen LogP contribution in [0, 0.1) is 0 Å². The molecule has 2 aliphatic heterocycles. The van der Waals surface area contributed by atoms with Crippen molar-refractivity contribution < 1.29 is 9.59 Å². The van der Waals surface area contributed by atoms with Gasteiger partial charge in [-0.3, -0.25) is 9.59 Å². The molecule has 2 amide bonds. The molecule has 0 spiro atoms. The van der Waals surface area contributed by atoms with E-state index in [-0.39, 0.29) is 11.8 Å². The summed E-state index contributed by atoms with van der Waals surface area (Å²) in [5.41, 5.74) is 3.14. The average molecular weight is 421 g/mol. The zero-order valence-electron chi connectivity index (χ0n) is 18.5. The first kappa shape index (κ1) is 21.4. The maximum Gasteiger partial charge on any atom is 0.255 e. The number of benzene rings is 2. The summed E-state index contributed by atoms with van der Waals surface area (Å²) in [6.07, 6.45) is 4.50. The first-order valence-corrected chi connectivity index (χ1v) is 11.2. The molecule has 0 aromatic heterocycles. The summed E-state index contributed by atoms with van der Waals surface area (Å²) in [6.45, 7) is 3.73. The van der Waals surface area contributed by atoms with Gasteiger partial charge < -0.3 is 20.0 Å². The van der Waals surface area contributed by atoms with Crippen LogP contribution in [0.2, 0.25) is 0 Å². The van der Waals surface area contributed by atoms with Gasteiger partial charge in [-0.05, 0) is 88.3 Å². The quantitative estimate of drug-likeness (QED) is 0.801. The predicted octanol–water partition coefficient (Wildman–Crippen LogP) is 3.71. The Bertz CT molecular complexity index is 902. The Labute approximate surface area is 184 Å². The second-order valence-electron chi connectivity index (χ2n) is 8.78. The molecule has 2 aliphatic rings. The minimum absolute atomic E-state index is 0.0562. The largest absolute Gasteiger partial charge is 0.370 e. The first-order valence-electron chi connectivity index (χ1n) is 11.2. The molecule has 2 saturated heterocycles. The van der Waals surface area contributed by atoms with Crippen molar-refractivity contribution in [1.29, 1.82) is 0 Å². The molecule has 0 radical (unpaired) electrons. The first-order chi connectivity index (χ1) is 15.0.